The van der Waals surface area contributed by atoms with Crippen molar-refractivity contribution in [2.75, 3.05) is 31.3 Å². The Morgan fingerprint density at radius 3 is 2.91 bits per heavy atom. The van der Waals surface area contributed by atoms with Gasteiger partial charge in [-0.15, -0.1) is 0 Å². The molecule has 1 saturated heterocycles. The predicted octanol–water partition coefficient (Wildman–Crippen LogP) is 1.81. The molecule has 3 N–H and O–H groups in total. The van der Waals surface area contributed by atoms with Crippen LogP contribution in [-0.2, 0) is 16.4 Å². The van der Waals surface area contributed by atoms with Crippen LogP contribution in [0.15, 0.2) is 24.7 Å². The molecule has 32 heavy (non-hydrogen) atoms. The third kappa shape index (κ3) is 5.05. The van der Waals surface area contributed by atoms with Gasteiger partial charge in [-0.05, 0) is 37.7 Å². The van der Waals surface area contributed by atoms with Gasteiger partial charge in [-0.3, -0.25) is 0 Å². The zero-order valence-electron chi connectivity index (χ0n) is 18.3. The van der Waals surface area contributed by atoms with Crippen molar-refractivity contribution in [3.05, 3.63) is 30.4 Å². The van der Waals surface area contributed by atoms with Crippen molar-refractivity contribution in [2.24, 2.45) is 5.92 Å². The number of nitrogens with zero attached hydrogens (tertiary/aromatic N) is 5. The predicted molar refractivity (Wildman–Crippen MR) is 123 cm³/mol. The van der Waals surface area contributed by atoms with Gasteiger partial charge in [-0.25, -0.2) is 32.7 Å². The number of nitrogens with one attached hydrogen (secondary N) is 2. The van der Waals surface area contributed by atoms with Crippen molar-refractivity contribution in [3.8, 4) is 11.3 Å². The van der Waals surface area contributed by atoms with Crippen LogP contribution in [0.5, 0.6) is 0 Å². The number of sulfonamides is 1. The van der Waals surface area contributed by atoms with Crippen LogP contribution < -0.4 is 5.32 Å². The summed E-state index contributed by atoms with van der Waals surface area (Å²) in [6.07, 6.45) is 9.56. The summed E-state index contributed by atoms with van der Waals surface area (Å²) in [7, 11) is -3.23. The molecule has 0 saturated carbocycles. The Kier molecular flexibility index (Phi) is 6.68. The first kappa shape index (κ1) is 22.6. The van der Waals surface area contributed by atoms with Crippen LogP contribution in [0.2, 0.25) is 0 Å². The lowest BCUT2D eigenvalue weighted by atomic mass is 9.92. The van der Waals surface area contributed by atoms with E-state index in [9.17, 15) is 13.5 Å². The van der Waals surface area contributed by atoms with Crippen molar-refractivity contribution in [3.63, 3.8) is 0 Å². The van der Waals surface area contributed by atoms with E-state index in [1.807, 2.05) is 13.0 Å². The standard InChI is InChI=1S/C21H29N7O3S/c1-3-15(13-29)25-21-24-10-16(19-11-23-20-17(26-19)6-7-22-20)18(27-21)9-14-5-4-8-28(12-14)32(2,30)31/h6-7,10-11,14-15,29H,3-5,8-9,12-13H2,1-2H3,(H,22,23)(H,24,25,27)/t14-,15+/m1/s1. The molecule has 0 amide bonds. The number of H-pyrrole nitrogens is 1. The van der Waals surface area contributed by atoms with E-state index in [0.29, 0.717) is 36.8 Å². The second-order valence-electron chi connectivity index (χ2n) is 8.29. The summed E-state index contributed by atoms with van der Waals surface area (Å²) in [6.45, 7) is 3.00. The number of anilines is 1. The average Bonchev–Trinajstić information content (AvgIpc) is 3.25. The van der Waals surface area contributed by atoms with Gasteiger partial charge in [-0.1, -0.05) is 6.92 Å². The van der Waals surface area contributed by atoms with E-state index < -0.39 is 10.0 Å². The Balaban J connectivity index is 1.67. The van der Waals surface area contributed by atoms with E-state index in [1.165, 1.54) is 6.26 Å². The Morgan fingerprint density at radius 2 is 2.16 bits per heavy atom. The molecule has 0 unspecified atom stereocenters. The molecule has 1 aliphatic rings. The average molecular weight is 460 g/mol. The van der Waals surface area contributed by atoms with Gasteiger partial charge in [0.2, 0.25) is 16.0 Å². The molecule has 0 radical (unpaired) electrons. The third-order valence-electron chi connectivity index (χ3n) is 5.88. The van der Waals surface area contributed by atoms with Gasteiger partial charge in [0.25, 0.3) is 0 Å². The summed E-state index contributed by atoms with van der Waals surface area (Å²) in [5, 5.41) is 12.7. The molecule has 4 rings (SSSR count). The first-order chi connectivity index (χ1) is 15.4. The van der Waals surface area contributed by atoms with E-state index >= 15 is 0 Å². The second kappa shape index (κ2) is 9.47. The Labute approximate surface area is 187 Å². The number of aromatic amines is 1. The lowest BCUT2D eigenvalue weighted by molar-refractivity contribution is 0.265. The fourth-order valence-electron chi connectivity index (χ4n) is 4.04. The van der Waals surface area contributed by atoms with Gasteiger partial charge >= 0.3 is 0 Å². The van der Waals surface area contributed by atoms with E-state index in [4.69, 9.17) is 9.97 Å². The van der Waals surface area contributed by atoms with Crippen molar-refractivity contribution in [1.82, 2.24) is 29.2 Å². The Hall–Kier alpha value is -2.63. The zero-order valence-corrected chi connectivity index (χ0v) is 19.1. The van der Waals surface area contributed by atoms with Crippen LogP contribution in [0.3, 0.4) is 0 Å². The number of piperidine rings is 1. The number of hydrogen-bond acceptors (Lipinski definition) is 8. The summed E-state index contributed by atoms with van der Waals surface area (Å²) in [6, 6.07) is 1.72. The molecule has 172 valence electrons. The molecule has 10 nitrogen and oxygen atoms in total. The molecule has 3 aromatic heterocycles. The number of aliphatic hydroxyl groups excluding tert-OH is 1. The van der Waals surface area contributed by atoms with Gasteiger partial charge in [0.05, 0.1) is 36.5 Å². The highest BCUT2D eigenvalue weighted by Gasteiger charge is 2.27. The molecule has 1 fully saturated rings. The number of fused-ring (bicyclic) bond motifs is 1. The first-order valence-corrected chi connectivity index (χ1v) is 12.7. The topological polar surface area (TPSA) is 137 Å². The molecule has 1 aliphatic heterocycles. The second-order valence-corrected chi connectivity index (χ2v) is 10.3. The molecule has 4 heterocycles. The molecule has 0 bridgehead atoms. The highest BCUT2D eigenvalue weighted by molar-refractivity contribution is 7.88. The fourth-order valence-corrected chi connectivity index (χ4v) is 4.99. The highest BCUT2D eigenvalue weighted by atomic mass is 32.2. The van der Waals surface area contributed by atoms with Crippen LogP contribution in [0.4, 0.5) is 5.95 Å². The largest absolute Gasteiger partial charge is 0.394 e. The summed E-state index contributed by atoms with van der Waals surface area (Å²) in [5.74, 6) is 0.583. The van der Waals surface area contributed by atoms with Gasteiger partial charge in [0.15, 0.2) is 5.65 Å². The van der Waals surface area contributed by atoms with Gasteiger partial charge in [0.1, 0.15) is 5.52 Å². The number of rotatable bonds is 8. The lowest BCUT2D eigenvalue weighted by Gasteiger charge is -2.31. The fraction of sp³-hybridized carbons (Fsp3) is 0.524. The number of aromatic nitrogens is 5. The third-order valence-corrected chi connectivity index (χ3v) is 7.15. The molecule has 0 aromatic carbocycles. The van der Waals surface area contributed by atoms with E-state index in [1.54, 1.807) is 22.9 Å². The normalized spacial score (nSPS) is 18.7. The highest BCUT2D eigenvalue weighted by Crippen LogP contribution is 2.28. The van der Waals surface area contributed by atoms with Crippen LogP contribution in [0.1, 0.15) is 31.9 Å². The maximum atomic E-state index is 12.1. The molecule has 0 spiro atoms. The maximum absolute atomic E-state index is 12.1. The van der Waals surface area contributed by atoms with E-state index in [-0.39, 0.29) is 18.6 Å². The minimum Gasteiger partial charge on any atom is -0.394 e. The van der Waals surface area contributed by atoms with Gasteiger partial charge < -0.3 is 15.4 Å². The summed E-state index contributed by atoms with van der Waals surface area (Å²) in [5.41, 5.74) is 3.70. The van der Waals surface area contributed by atoms with Crippen LogP contribution in [-0.4, -0.2) is 74.7 Å². The minimum absolute atomic E-state index is 0.0154. The summed E-state index contributed by atoms with van der Waals surface area (Å²) >= 11 is 0. The van der Waals surface area contributed by atoms with Gasteiger partial charge in [0, 0.05) is 31.0 Å². The zero-order chi connectivity index (χ0) is 22.7. The lowest BCUT2D eigenvalue weighted by Crippen LogP contribution is -2.40. The van der Waals surface area contributed by atoms with E-state index in [2.05, 4.69) is 20.3 Å². The SMILES string of the molecule is CC[C@@H](CO)Nc1ncc(-c2cnc3[nH]ccc3n2)c(C[C@H]2CCCN(S(C)(=O)=O)C2)n1. The van der Waals surface area contributed by atoms with Gasteiger partial charge in [-0.2, -0.15) is 0 Å². The number of aliphatic hydroxyl groups is 1. The quantitative estimate of drug-likeness (QED) is 0.464. The monoisotopic (exact) mass is 459 g/mol. The van der Waals surface area contributed by atoms with Crippen LogP contribution >= 0.6 is 0 Å². The smallest absolute Gasteiger partial charge is 0.223 e. The van der Waals surface area contributed by atoms with Crippen LogP contribution in [0, 0.1) is 5.92 Å². The molecule has 2 atom stereocenters. The van der Waals surface area contributed by atoms with E-state index in [0.717, 1.165) is 36.0 Å². The molecule has 11 heteroatoms. The van der Waals surface area contributed by atoms with Crippen molar-refractivity contribution in [1.29, 1.82) is 0 Å². The molecular weight excluding hydrogens is 430 g/mol. The first-order valence-electron chi connectivity index (χ1n) is 10.9. The Bertz CT molecular complexity index is 1180. The number of hydrogen-bond donors (Lipinski definition) is 3. The molecule has 0 aliphatic carbocycles. The summed E-state index contributed by atoms with van der Waals surface area (Å²) in [4.78, 5) is 21.4. The molecule has 3 aromatic rings. The Morgan fingerprint density at radius 1 is 1.31 bits per heavy atom. The van der Waals surface area contributed by atoms with Crippen LogP contribution in [0.25, 0.3) is 22.4 Å². The minimum atomic E-state index is -3.23. The molecular formula is C21H29N7O3S. The maximum Gasteiger partial charge on any atom is 0.223 e. The van der Waals surface area contributed by atoms with Crippen molar-refractivity contribution < 1.29 is 13.5 Å². The van der Waals surface area contributed by atoms with Crippen molar-refractivity contribution >= 4 is 27.1 Å². The van der Waals surface area contributed by atoms with Crippen molar-refractivity contribution in [2.45, 2.75) is 38.6 Å². The summed E-state index contributed by atoms with van der Waals surface area (Å²) < 4.78 is 25.7.